The molecule has 3 aromatic carbocycles. The molecule has 0 radical (unpaired) electrons. The van der Waals surface area contributed by atoms with Gasteiger partial charge in [0.05, 0.1) is 5.56 Å². The van der Waals surface area contributed by atoms with Crippen molar-refractivity contribution in [2.75, 3.05) is 42.7 Å². The first-order valence-electron chi connectivity index (χ1n) is 10.9. The van der Waals surface area contributed by atoms with Gasteiger partial charge in [0.2, 0.25) is 0 Å². The predicted molar refractivity (Wildman–Crippen MR) is 129 cm³/mol. The summed E-state index contributed by atoms with van der Waals surface area (Å²) in [4.78, 5) is 29.4. The Hall–Kier alpha value is -3.71. The molecule has 2 N–H and O–H groups in total. The van der Waals surface area contributed by atoms with Crippen molar-refractivity contribution in [1.29, 1.82) is 0 Å². The number of rotatable bonds is 6. The second-order valence-corrected chi connectivity index (χ2v) is 8.36. The number of nitrogens with one attached hydrogen (secondary N) is 2. The lowest BCUT2D eigenvalue weighted by Gasteiger charge is -2.22. The lowest BCUT2D eigenvalue weighted by Crippen LogP contribution is -2.31. The van der Waals surface area contributed by atoms with Crippen LogP contribution >= 0.6 is 0 Å². The minimum Gasteiger partial charge on any atom is -0.370 e. The molecular formula is C26H27FN4O2. The van der Waals surface area contributed by atoms with E-state index < -0.39 is 11.7 Å². The average Bonchev–Trinajstić information content (AvgIpc) is 3.31. The summed E-state index contributed by atoms with van der Waals surface area (Å²) in [6.45, 7) is 2.02. The third-order valence-electron chi connectivity index (χ3n) is 5.91. The van der Waals surface area contributed by atoms with E-state index >= 15 is 0 Å². The fraction of sp³-hybridized carbons (Fsp3) is 0.231. The van der Waals surface area contributed by atoms with Crippen LogP contribution in [0.3, 0.4) is 0 Å². The molecule has 0 aliphatic carbocycles. The van der Waals surface area contributed by atoms with Crippen molar-refractivity contribution < 1.29 is 14.0 Å². The zero-order valence-electron chi connectivity index (χ0n) is 18.7. The number of carbonyl (C=O) groups is 2. The van der Waals surface area contributed by atoms with Crippen molar-refractivity contribution >= 4 is 28.9 Å². The van der Waals surface area contributed by atoms with Crippen LogP contribution in [0.5, 0.6) is 0 Å². The van der Waals surface area contributed by atoms with Gasteiger partial charge in [0, 0.05) is 41.8 Å². The van der Waals surface area contributed by atoms with Crippen molar-refractivity contribution in [2.45, 2.75) is 12.5 Å². The highest BCUT2D eigenvalue weighted by Crippen LogP contribution is 2.24. The van der Waals surface area contributed by atoms with Crippen LogP contribution in [0.25, 0.3) is 0 Å². The number of benzene rings is 3. The smallest absolute Gasteiger partial charge is 0.258 e. The minimum absolute atomic E-state index is 0.0334. The molecule has 33 heavy (non-hydrogen) atoms. The summed E-state index contributed by atoms with van der Waals surface area (Å²) < 4.78 is 13.8. The van der Waals surface area contributed by atoms with Gasteiger partial charge in [-0.25, -0.2) is 4.39 Å². The molecule has 170 valence electrons. The first-order valence-corrected chi connectivity index (χ1v) is 10.9. The van der Waals surface area contributed by atoms with Gasteiger partial charge in [-0.1, -0.05) is 12.1 Å². The van der Waals surface area contributed by atoms with Crippen molar-refractivity contribution in [3.63, 3.8) is 0 Å². The Morgan fingerprint density at radius 1 is 0.879 bits per heavy atom. The number of halogens is 1. The molecule has 1 fully saturated rings. The molecule has 1 aliphatic rings. The molecule has 0 saturated carbocycles. The van der Waals surface area contributed by atoms with Crippen LogP contribution in [0.15, 0.2) is 72.8 Å². The Bertz CT molecular complexity index is 1130. The maximum Gasteiger partial charge on any atom is 0.258 e. The minimum atomic E-state index is -0.584. The van der Waals surface area contributed by atoms with E-state index in [0.29, 0.717) is 23.0 Å². The summed E-state index contributed by atoms with van der Waals surface area (Å²) in [5.41, 5.74) is 2.76. The summed E-state index contributed by atoms with van der Waals surface area (Å²) in [6.07, 6.45) is 1.14. The van der Waals surface area contributed by atoms with E-state index in [9.17, 15) is 14.0 Å². The summed E-state index contributed by atoms with van der Waals surface area (Å²) in [5.74, 6) is -1.37. The van der Waals surface area contributed by atoms with Crippen molar-refractivity contribution in [1.82, 2.24) is 4.90 Å². The van der Waals surface area contributed by atoms with E-state index in [-0.39, 0.29) is 11.5 Å². The fourth-order valence-electron chi connectivity index (χ4n) is 3.91. The Morgan fingerprint density at radius 2 is 1.48 bits per heavy atom. The molecule has 7 heteroatoms. The van der Waals surface area contributed by atoms with Gasteiger partial charge in [0.15, 0.2) is 0 Å². The second kappa shape index (κ2) is 9.83. The van der Waals surface area contributed by atoms with Gasteiger partial charge in [0.25, 0.3) is 11.8 Å². The van der Waals surface area contributed by atoms with Gasteiger partial charge in [-0.15, -0.1) is 0 Å². The van der Waals surface area contributed by atoms with Crippen molar-refractivity contribution in [2.24, 2.45) is 0 Å². The monoisotopic (exact) mass is 446 g/mol. The number of carbonyl (C=O) groups excluding carboxylic acids is 2. The highest BCUT2D eigenvalue weighted by Gasteiger charge is 2.24. The van der Waals surface area contributed by atoms with Crippen LogP contribution in [0, 0.1) is 5.82 Å². The van der Waals surface area contributed by atoms with Gasteiger partial charge in [-0.2, -0.15) is 0 Å². The lowest BCUT2D eigenvalue weighted by atomic mass is 10.1. The maximum atomic E-state index is 13.8. The molecule has 1 saturated heterocycles. The number of likely N-dealkylation sites (N-methyl/N-ethyl adjacent to an activating group) is 1. The van der Waals surface area contributed by atoms with Crippen LogP contribution in [-0.2, 0) is 0 Å². The van der Waals surface area contributed by atoms with Gasteiger partial charge in [-0.3, -0.25) is 9.59 Å². The predicted octanol–water partition coefficient (Wildman–Crippen LogP) is 4.47. The van der Waals surface area contributed by atoms with Gasteiger partial charge < -0.3 is 20.4 Å². The topological polar surface area (TPSA) is 64.7 Å². The SMILES string of the molecule is CN(C)C1CCN(c2ccc(NC(=O)c3ccc(NC(=O)c4ccccc4F)cc3)cc2)C1. The standard InChI is InChI=1S/C26H27FN4O2/c1-30(2)22-15-16-31(17-22)21-13-11-20(12-14-21)28-25(32)18-7-9-19(10-8-18)29-26(33)23-5-3-4-6-24(23)27/h3-14,22H,15-17H2,1-2H3,(H,28,32)(H,29,33). The third kappa shape index (κ3) is 5.38. The summed E-state index contributed by atoms with van der Waals surface area (Å²) in [6, 6.07) is 20.7. The van der Waals surface area contributed by atoms with E-state index in [1.165, 1.54) is 18.2 Å². The number of hydrogen-bond donors (Lipinski definition) is 2. The fourth-order valence-corrected chi connectivity index (χ4v) is 3.91. The first-order chi connectivity index (χ1) is 15.9. The van der Waals surface area contributed by atoms with E-state index in [1.807, 2.05) is 24.3 Å². The Morgan fingerprint density at radius 3 is 2.09 bits per heavy atom. The summed E-state index contributed by atoms with van der Waals surface area (Å²) in [7, 11) is 4.21. The van der Waals surface area contributed by atoms with E-state index in [2.05, 4.69) is 34.5 Å². The van der Waals surface area contributed by atoms with Gasteiger partial charge in [-0.05, 0) is 81.2 Å². The molecule has 0 aromatic heterocycles. The Kier molecular flexibility index (Phi) is 6.70. The van der Waals surface area contributed by atoms with Crippen LogP contribution in [0.4, 0.5) is 21.5 Å². The summed E-state index contributed by atoms with van der Waals surface area (Å²) >= 11 is 0. The number of amides is 2. The quantitative estimate of drug-likeness (QED) is 0.586. The lowest BCUT2D eigenvalue weighted by molar-refractivity contribution is 0.101. The molecule has 4 rings (SSSR count). The zero-order valence-corrected chi connectivity index (χ0v) is 18.7. The average molecular weight is 447 g/mol. The highest BCUT2D eigenvalue weighted by atomic mass is 19.1. The molecule has 0 bridgehead atoms. The normalized spacial score (nSPS) is 15.5. The maximum absolute atomic E-state index is 13.8. The zero-order chi connectivity index (χ0) is 23.4. The van der Waals surface area contributed by atoms with Crippen molar-refractivity contribution in [3.05, 3.63) is 89.7 Å². The Labute approximate surface area is 193 Å². The third-order valence-corrected chi connectivity index (χ3v) is 5.91. The molecule has 2 amide bonds. The van der Waals surface area contributed by atoms with Crippen LogP contribution in [0.2, 0.25) is 0 Å². The summed E-state index contributed by atoms with van der Waals surface area (Å²) in [5, 5.41) is 5.53. The van der Waals surface area contributed by atoms with E-state index in [0.717, 1.165) is 25.2 Å². The van der Waals surface area contributed by atoms with Crippen LogP contribution in [0.1, 0.15) is 27.1 Å². The molecule has 1 atom stereocenters. The van der Waals surface area contributed by atoms with Gasteiger partial charge in [0.1, 0.15) is 5.82 Å². The molecule has 1 aliphatic heterocycles. The Balaban J connectivity index is 1.34. The molecule has 1 unspecified atom stereocenters. The molecule has 1 heterocycles. The van der Waals surface area contributed by atoms with Gasteiger partial charge >= 0.3 is 0 Å². The van der Waals surface area contributed by atoms with Crippen molar-refractivity contribution in [3.8, 4) is 0 Å². The number of nitrogens with zero attached hydrogens (tertiary/aromatic N) is 2. The van der Waals surface area contributed by atoms with Crippen LogP contribution < -0.4 is 15.5 Å². The highest BCUT2D eigenvalue weighted by molar-refractivity contribution is 6.06. The molecule has 6 nitrogen and oxygen atoms in total. The largest absolute Gasteiger partial charge is 0.370 e. The molecule has 3 aromatic rings. The first kappa shape index (κ1) is 22.5. The van der Waals surface area contributed by atoms with Crippen LogP contribution in [-0.4, -0.2) is 49.9 Å². The molecule has 0 spiro atoms. The van der Waals surface area contributed by atoms with E-state index in [4.69, 9.17) is 0 Å². The number of hydrogen-bond acceptors (Lipinski definition) is 4. The van der Waals surface area contributed by atoms with E-state index in [1.54, 1.807) is 30.3 Å². The molecular weight excluding hydrogens is 419 g/mol. The number of anilines is 3. The second-order valence-electron chi connectivity index (χ2n) is 8.36.